The number of benzene rings is 2. The molecule has 3 rings (SSSR count). The smallest absolute Gasteiger partial charge is 0.203 e. The van der Waals surface area contributed by atoms with Crippen molar-refractivity contribution in [2.24, 2.45) is 0 Å². The molecule has 0 saturated heterocycles. The molecule has 1 aliphatic rings. The number of carbonyl (C=O) groups excluding carboxylic acids is 1. The van der Waals surface area contributed by atoms with Crippen LogP contribution in [0.4, 0.5) is 0 Å². The number of aliphatic hydroxyl groups excluding tert-OH is 1. The van der Waals surface area contributed by atoms with Crippen molar-refractivity contribution in [3.63, 3.8) is 0 Å². The Labute approximate surface area is 155 Å². The van der Waals surface area contributed by atoms with Crippen LogP contribution in [0.15, 0.2) is 24.3 Å². The van der Waals surface area contributed by atoms with E-state index < -0.39 is 18.0 Å². The summed E-state index contributed by atoms with van der Waals surface area (Å²) < 4.78 is 26.8. The lowest BCUT2D eigenvalue weighted by atomic mass is 9.92. The van der Waals surface area contributed by atoms with E-state index in [1.54, 1.807) is 12.1 Å². The number of ketones is 1. The highest BCUT2D eigenvalue weighted by atomic mass is 16.5. The summed E-state index contributed by atoms with van der Waals surface area (Å²) in [5, 5.41) is 20.6. The van der Waals surface area contributed by atoms with E-state index in [1.807, 2.05) is 0 Å². The van der Waals surface area contributed by atoms with E-state index in [9.17, 15) is 15.0 Å². The number of fused-ring (bicyclic) bond motifs is 1. The molecule has 0 aromatic heterocycles. The number of Topliss-reactive ketones (excluding diaryl/α,β-unsaturated/α-hetero) is 1. The van der Waals surface area contributed by atoms with Crippen molar-refractivity contribution >= 4 is 5.78 Å². The molecule has 2 atom stereocenters. The molecular weight excluding hydrogens is 356 g/mol. The van der Waals surface area contributed by atoms with Gasteiger partial charge in [0.1, 0.15) is 22.8 Å². The minimum absolute atomic E-state index is 0.0907. The van der Waals surface area contributed by atoms with Crippen LogP contribution < -0.4 is 23.7 Å². The summed E-state index contributed by atoms with van der Waals surface area (Å²) in [4.78, 5) is 12.6. The lowest BCUT2D eigenvalue weighted by Crippen LogP contribution is -2.36. The topological polar surface area (TPSA) is 104 Å². The van der Waals surface area contributed by atoms with Gasteiger partial charge in [0.15, 0.2) is 23.7 Å². The second-order valence-electron chi connectivity index (χ2n) is 5.83. The van der Waals surface area contributed by atoms with Crippen molar-refractivity contribution in [1.29, 1.82) is 0 Å². The SMILES string of the molecule is COc1cc(O)c2c(c1)O[C@H](c1cc(OC)c(OC)c(OC)c1)[C@@H](O)C2=O. The van der Waals surface area contributed by atoms with Gasteiger partial charge in [0.05, 0.1) is 28.4 Å². The molecule has 0 amide bonds. The van der Waals surface area contributed by atoms with Gasteiger partial charge in [-0.25, -0.2) is 0 Å². The highest BCUT2D eigenvalue weighted by Gasteiger charge is 2.40. The first-order chi connectivity index (χ1) is 12.9. The van der Waals surface area contributed by atoms with Gasteiger partial charge in [-0.15, -0.1) is 0 Å². The van der Waals surface area contributed by atoms with Gasteiger partial charge < -0.3 is 33.9 Å². The molecule has 1 aliphatic heterocycles. The summed E-state index contributed by atoms with van der Waals surface area (Å²) in [5.41, 5.74) is 0.352. The molecule has 8 nitrogen and oxygen atoms in total. The van der Waals surface area contributed by atoms with Crippen molar-refractivity contribution in [1.82, 2.24) is 0 Å². The van der Waals surface area contributed by atoms with Crippen molar-refractivity contribution in [2.45, 2.75) is 12.2 Å². The number of ether oxygens (including phenoxy) is 5. The Hall–Kier alpha value is -3.13. The van der Waals surface area contributed by atoms with Gasteiger partial charge in [0.2, 0.25) is 11.5 Å². The summed E-state index contributed by atoms with van der Waals surface area (Å²) in [6.45, 7) is 0. The van der Waals surface area contributed by atoms with Gasteiger partial charge >= 0.3 is 0 Å². The predicted octanol–water partition coefficient (Wildman–Crippen LogP) is 2.10. The van der Waals surface area contributed by atoms with Gasteiger partial charge in [-0.05, 0) is 12.1 Å². The van der Waals surface area contributed by atoms with Crippen LogP contribution >= 0.6 is 0 Å². The first kappa shape index (κ1) is 18.7. The third-order valence-corrected chi connectivity index (χ3v) is 4.36. The van der Waals surface area contributed by atoms with E-state index in [0.29, 0.717) is 28.6 Å². The van der Waals surface area contributed by atoms with Gasteiger partial charge in [0.25, 0.3) is 0 Å². The molecule has 2 aromatic rings. The molecule has 0 aliphatic carbocycles. The molecule has 2 aromatic carbocycles. The Morgan fingerprint density at radius 2 is 1.56 bits per heavy atom. The van der Waals surface area contributed by atoms with Crippen LogP contribution in [0.1, 0.15) is 22.0 Å². The van der Waals surface area contributed by atoms with E-state index >= 15 is 0 Å². The molecule has 144 valence electrons. The third-order valence-electron chi connectivity index (χ3n) is 4.36. The van der Waals surface area contributed by atoms with Crippen molar-refractivity contribution in [2.75, 3.05) is 28.4 Å². The first-order valence-electron chi connectivity index (χ1n) is 8.05. The number of carbonyl (C=O) groups is 1. The summed E-state index contributed by atoms with van der Waals surface area (Å²) in [6.07, 6.45) is -2.56. The number of aromatic hydroxyl groups is 1. The largest absolute Gasteiger partial charge is 0.507 e. The molecule has 2 N–H and O–H groups in total. The minimum atomic E-state index is -1.53. The van der Waals surface area contributed by atoms with E-state index in [2.05, 4.69) is 0 Å². The average Bonchev–Trinajstić information content (AvgIpc) is 2.68. The van der Waals surface area contributed by atoms with Crippen LogP contribution in [-0.2, 0) is 0 Å². The lowest BCUT2D eigenvalue weighted by molar-refractivity contribution is 0.0209. The summed E-state index contributed by atoms with van der Waals surface area (Å²) in [6, 6.07) is 5.94. The zero-order valence-corrected chi connectivity index (χ0v) is 15.3. The van der Waals surface area contributed by atoms with Crippen molar-refractivity contribution in [3.05, 3.63) is 35.4 Å². The quantitative estimate of drug-likeness (QED) is 0.818. The van der Waals surface area contributed by atoms with Crippen molar-refractivity contribution < 1.29 is 38.7 Å². The van der Waals surface area contributed by atoms with Crippen LogP contribution in [0.25, 0.3) is 0 Å². The Bertz CT molecular complexity index is 851. The number of hydrogen-bond acceptors (Lipinski definition) is 8. The standard InChI is InChI=1S/C19H20O8/c1-23-10-7-11(20)15-12(8-10)27-18(17(22)16(15)21)9-5-13(24-2)19(26-4)14(6-9)25-3/h5-8,17-18,20,22H,1-4H3/t17-,18+/m0/s1. The molecule has 0 bridgehead atoms. The predicted molar refractivity (Wildman–Crippen MR) is 94.5 cm³/mol. The molecule has 1 heterocycles. The van der Waals surface area contributed by atoms with Crippen LogP contribution in [-0.4, -0.2) is 50.5 Å². The molecular formula is C19H20O8. The number of hydrogen-bond donors (Lipinski definition) is 2. The Morgan fingerprint density at radius 3 is 2.07 bits per heavy atom. The van der Waals surface area contributed by atoms with Crippen molar-refractivity contribution in [3.8, 4) is 34.5 Å². The Morgan fingerprint density at radius 1 is 0.926 bits per heavy atom. The zero-order chi connectivity index (χ0) is 19.7. The fourth-order valence-corrected chi connectivity index (χ4v) is 3.04. The third kappa shape index (κ3) is 3.08. The fraction of sp³-hybridized carbons (Fsp3) is 0.316. The summed E-state index contributed by atoms with van der Waals surface area (Å²) in [7, 11) is 5.82. The van der Waals surface area contributed by atoms with E-state index in [4.69, 9.17) is 23.7 Å². The highest BCUT2D eigenvalue weighted by molar-refractivity contribution is 6.05. The van der Waals surface area contributed by atoms with E-state index in [-0.39, 0.29) is 17.1 Å². The number of rotatable bonds is 5. The van der Waals surface area contributed by atoms with E-state index in [1.165, 1.54) is 40.6 Å². The fourth-order valence-electron chi connectivity index (χ4n) is 3.04. The minimum Gasteiger partial charge on any atom is -0.507 e. The van der Waals surface area contributed by atoms with Gasteiger partial charge in [-0.2, -0.15) is 0 Å². The van der Waals surface area contributed by atoms with Crippen LogP contribution in [0.3, 0.4) is 0 Å². The lowest BCUT2D eigenvalue weighted by Gasteiger charge is -2.31. The number of phenolic OH excluding ortho intramolecular Hbond substituents is 1. The normalized spacial score (nSPS) is 18.3. The maximum absolute atomic E-state index is 12.6. The van der Waals surface area contributed by atoms with Crippen LogP contribution in [0, 0.1) is 0 Å². The summed E-state index contributed by atoms with van der Waals surface area (Å²) >= 11 is 0. The number of phenols is 1. The second-order valence-corrected chi connectivity index (χ2v) is 5.83. The summed E-state index contributed by atoms with van der Waals surface area (Å²) in [5.74, 6) is 0.538. The molecule has 0 radical (unpaired) electrons. The van der Waals surface area contributed by atoms with Gasteiger partial charge in [0, 0.05) is 17.7 Å². The maximum atomic E-state index is 12.6. The molecule has 0 saturated carbocycles. The molecule has 0 fully saturated rings. The van der Waals surface area contributed by atoms with E-state index in [0.717, 1.165) is 0 Å². The van der Waals surface area contributed by atoms with Gasteiger partial charge in [-0.3, -0.25) is 4.79 Å². The maximum Gasteiger partial charge on any atom is 0.203 e. The second kappa shape index (κ2) is 7.24. The molecule has 8 heteroatoms. The molecule has 0 spiro atoms. The van der Waals surface area contributed by atoms with Crippen LogP contribution in [0.5, 0.6) is 34.5 Å². The zero-order valence-electron chi connectivity index (χ0n) is 15.3. The first-order valence-corrected chi connectivity index (χ1v) is 8.05. The molecule has 27 heavy (non-hydrogen) atoms. The van der Waals surface area contributed by atoms with Gasteiger partial charge in [-0.1, -0.05) is 0 Å². The van der Waals surface area contributed by atoms with Crippen LogP contribution in [0.2, 0.25) is 0 Å². The number of aliphatic hydroxyl groups is 1. The monoisotopic (exact) mass is 376 g/mol. The average molecular weight is 376 g/mol. The number of methoxy groups -OCH3 is 4. The highest BCUT2D eigenvalue weighted by Crippen LogP contribution is 2.45. The molecule has 0 unspecified atom stereocenters. The Kier molecular flexibility index (Phi) is 5.00. The Balaban J connectivity index is 2.11.